The molecule has 1 aliphatic rings. The lowest BCUT2D eigenvalue weighted by molar-refractivity contribution is 0.171. The zero-order valence-electron chi connectivity index (χ0n) is 11.7. The van der Waals surface area contributed by atoms with Crippen LogP contribution in [-0.2, 0) is 13.6 Å². The second kappa shape index (κ2) is 5.75. The summed E-state index contributed by atoms with van der Waals surface area (Å²) in [5, 5.41) is 10.6. The van der Waals surface area contributed by atoms with Crippen molar-refractivity contribution in [3.63, 3.8) is 0 Å². The molecule has 2 aromatic rings. The largest absolute Gasteiger partial charge is 0.392 e. The molecule has 112 valence electrons. The minimum absolute atomic E-state index is 0.0658. The molecule has 3 rings (SSSR count). The molecule has 1 aliphatic heterocycles. The molecule has 1 fully saturated rings. The Kier molecular flexibility index (Phi) is 3.97. The zero-order chi connectivity index (χ0) is 15.0. The average Bonchev–Trinajstić information content (AvgIpc) is 2.97. The number of nitrogens with zero attached hydrogens (tertiary/aromatic N) is 3. The molecule has 0 spiro atoms. The van der Waals surface area contributed by atoms with E-state index in [1.807, 2.05) is 11.6 Å². The van der Waals surface area contributed by atoms with Crippen LogP contribution >= 0.6 is 11.6 Å². The van der Waals surface area contributed by atoms with E-state index < -0.39 is 0 Å². The van der Waals surface area contributed by atoms with Crippen molar-refractivity contribution < 1.29 is 9.50 Å². The highest BCUT2D eigenvalue weighted by Gasteiger charge is 2.32. The molecular formula is C15H17ClFN3O. The molecule has 21 heavy (non-hydrogen) atoms. The van der Waals surface area contributed by atoms with E-state index in [1.165, 1.54) is 12.1 Å². The number of rotatable bonds is 3. The minimum Gasteiger partial charge on any atom is -0.392 e. The van der Waals surface area contributed by atoms with Crippen LogP contribution in [0.3, 0.4) is 0 Å². The highest BCUT2D eigenvalue weighted by molar-refractivity contribution is 6.29. The maximum absolute atomic E-state index is 13.1. The van der Waals surface area contributed by atoms with Gasteiger partial charge in [-0.05, 0) is 24.1 Å². The van der Waals surface area contributed by atoms with Crippen LogP contribution in [0.25, 0.3) is 0 Å². The summed E-state index contributed by atoms with van der Waals surface area (Å²) in [5.41, 5.74) is 1.01. The molecule has 0 radical (unpaired) electrons. The van der Waals surface area contributed by atoms with E-state index in [-0.39, 0.29) is 18.0 Å². The van der Waals surface area contributed by atoms with Gasteiger partial charge in [-0.25, -0.2) is 9.37 Å². The van der Waals surface area contributed by atoms with Crippen LogP contribution in [-0.4, -0.2) is 32.2 Å². The first-order chi connectivity index (χ1) is 10.0. The van der Waals surface area contributed by atoms with Gasteiger partial charge in [0.15, 0.2) is 0 Å². The van der Waals surface area contributed by atoms with Gasteiger partial charge in [-0.1, -0.05) is 23.7 Å². The van der Waals surface area contributed by atoms with Crippen LogP contribution in [0.5, 0.6) is 0 Å². The Balaban J connectivity index is 1.82. The third kappa shape index (κ3) is 2.95. The summed E-state index contributed by atoms with van der Waals surface area (Å²) in [4.78, 5) is 6.44. The standard InChI is InChI=1S/C15H17ClFN3O/c1-19-14(16)7-18-15(19)9-20-8-12(21)6-13(20)10-2-4-11(17)5-3-10/h2-5,7,12-13,21H,6,8-9H2,1H3/t12-,13-/m0/s1. The number of aliphatic hydroxyl groups is 1. The molecule has 2 atom stereocenters. The summed E-state index contributed by atoms with van der Waals surface area (Å²) in [5.74, 6) is 0.598. The molecule has 0 bridgehead atoms. The summed E-state index contributed by atoms with van der Waals surface area (Å²) < 4.78 is 14.9. The van der Waals surface area contributed by atoms with Gasteiger partial charge in [-0.2, -0.15) is 0 Å². The van der Waals surface area contributed by atoms with Crippen molar-refractivity contribution in [1.82, 2.24) is 14.5 Å². The van der Waals surface area contributed by atoms with E-state index in [1.54, 1.807) is 18.3 Å². The minimum atomic E-state index is -0.379. The van der Waals surface area contributed by atoms with Crippen LogP contribution < -0.4 is 0 Å². The van der Waals surface area contributed by atoms with Crippen molar-refractivity contribution in [3.05, 3.63) is 52.8 Å². The molecule has 1 aromatic carbocycles. The zero-order valence-corrected chi connectivity index (χ0v) is 12.5. The average molecular weight is 310 g/mol. The van der Waals surface area contributed by atoms with Crippen molar-refractivity contribution in [3.8, 4) is 0 Å². The summed E-state index contributed by atoms with van der Waals surface area (Å²) in [7, 11) is 1.87. The van der Waals surface area contributed by atoms with Crippen molar-refractivity contribution in [2.45, 2.75) is 25.1 Å². The molecule has 1 aromatic heterocycles. The van der Waals surface area contributed by atoms with Gasteiger partial charge in [0.05, 0.1) is 18.8 Å². The number of aromatic nitrogens is 2. The second-order valence-electron chi connectivity index (χ2n) is 5.44. The fraction of sp³-hybridized carbons (Fsp3) is 0.400. The fourth-order valence-corrected chi connectivity index (χ4v) is 2.98. The van der Waals surface area contributed by atoms with Gasteiger partial charge in [-0.3, -0.25) is 4.90 Å². The molecule has 4 nitrogen and oxygen atoms in total. The van der Waals surface area contributed by atoms with Gasteiger partial charge in [0.1, 0.15) is 16.8 Å². The lowest BCUT2D eigenvalue weighted by Crippen LogP contribution is -2.25. The van der Waals surface area contributed by atoms with E-state index in [2.05, 4.69) is 9.88 Å². The second-order valence-corrected chi connectivity index (χ2v) is 5.83. The van der Waals surface area contributed by atoms with Gasteiger partial charge in [0, 0.05) is 19.6 Å². The highest BCUT2D eigenvalue weighted by Crippen LogP contribution is 2.33. The number of likely N-dealkylation sites (tertiary alicyclic amines) is 1. The van der Waals surface area contributed by atoms with Crippen LogP contribution in [0.1, 0.15) is 23.9 Å². The Labute approximate surface area is 127 Å². The molecule has 0 aliphatic carbocycles. The first-order valence-corrected chi connectivity index (χ1v) is 7.26. The molecule has 2 heterocycles. The van der Waals surface area contributed by atoms with Crippen molar-refractivity contribution in [1.29, 1.82) is 0 Å². The first kappa shape index (κ1) is 14.5. The quantitative estimate of drug-likeness (QED) is 0.947. The van der Waals surface area contributed by atoms with Gasteiger partial charge < -0.3 is 9.67 Å². The molecule has 0 saturated carbocycles. The predicted molar refractivity (Wildman–Crippen MR) is 78.4 cm³/mol. The van der Waals surface area contributed by atoms with Gasteiger partial charge >= 0.3 is 0 Å². The topological polar surface area (TPSA) is 41.3 Å². The molecule has 1 N–H and O–H groups in total. The third-order valence-electron chi connectivity index (χ3n) is 4.01. The SMILES string of the molecule is Cn1c(Cl)cnc1CN1C[C@@H](O)C[C@H]1c1ccc(F)cc1. The van der Waals surface area contributed by atoms with E-state index in [0.29, 0.717) is 24.7 Å². The number of hydrogen-bond acceptors (Lipinski definition) is 3. The van der Waals surface area contributed by atoms with E-state index >= 15 is 0 Å². The number of imidazole rings is 1. The maximum atomic E-state index is 13.1. The summed E-state index contributed by atoms with van der Waals surface area (Å²) in [6.45, 7) is 1.18. The normalized spacial score (nSPS) is 22.9. The molecule has 1 saturated heterocycles. The lowest BCUT2D eigenvalue weighted by Gasteiger charge is -2.24. The Hall–Kier alpha value is -1.43. The van der Waals surface area contributed by atoms with E-state index in [4.69, 9.17) is 11.6 Å². The Morgan fingerprint density at radius 3 is 2.71 bits per heavy atom. The Bertz CT molecular complexity index is 628. The Morgan fingerprint density at radius 2 is 2.10 bits per heavy atom. The van der Waals surface area contributed by atoms with Crippen molar-refractivity contribution >= 4 is 11.6 Å². The molecule has 6 heteroatoms. The van der Waals surface area contributed by atoms with Crippen LogP contribution in [0.4, 0.5) is 4.39 Å². The number of β-amino-alcohol motifs (C(OH)–C–C–N with tert-alkyl or cyclic N) is 1. The number of hydrogen-bond donors (Lipinski definition) is 1. The smallest absolute Gasteiger partial charge is 0.128 e. The monoisotopic (exact) mass is 309 g/mol. The van der Waals surface area contributed by atoms with Gasteiger partial charge in [0.2, 0.25) is 0 Å². The van der Waals surface area contributed by atoms with Crippen LogP contribution in [0, 0.1) is 5.82 Å². The summed E-state index contributed by atoms with van der Waals surface area (Å²) in [6, 6.07) is 6.52. The van der Waals surface area contributed by atoms with Crippen LogP contribution in [0.2, 0.25) is 5.15 Å². The van der Waals surface area contributed by atoms with E-state index in [0.717, 1.165) is 11.4 Å². The maximum Gasteiger partial charge on any atom is 0.128 e. The van der Waals surface area contributed by atoms with Crippen molar-refractivity contribution in [2.24, 2.45) is 7.05 Å². The van der Waals surface area contributed by atoms with Crippen molar-refractivity contribution in [2.75, 3.05) is 6.54 Å². The highest BCUT2D eigenvalue weighted by atomic mass is 35.5. The van der Waals surface area contributed by atoms with Gasteiger partial charge in [0.25, 0.3) is 0 Å². The first-order valence-electron chi connectivity index (χ1n) is 6.88. The fourth-order valence-electron chi connectivity index (χ4n) is 2.84. The number of halogens is 2. The van der Waals surface area contributed by atoms with E-state index in [9.17, 15) is 9.50 Å². The summed E-state index contributed by atoms with van der Waals surface area (Å²) in [6.07, 6.45) is 1.89. The summed E-state index contributed by atoms with van der Waals surface area (Å²) >= 11 is 6.01. The van der Waals surface area contributed by atoms with Gasteiger partial charge in [-0.15, -0.1) is 0 Å². The Morgan fingerprint density at radius 1 is 1.38 bits per heavy atom. The molecular weight excluding hydrogens is 293 g/mol. The predicted octanol–water partition coefficient (Wildman–Crippen LogP) is 2.52. The van der Waals surface area contributed by atoms with Crippen LogP contribution in [0.15, 0.2) is 30.5 Å². The lowest BCUT2D eigenvalue weighted by atomic mass is 10.0. The third-order valence-corrected chi connectivity index (χ3v) is 4.36. The molecule has 0 unspecified atom stereocenters. The number of aliphatic hydroxyl groups excluding tert-OH is 1. The number of benzene rings is 1. The molecule has 0 amide bonds.